The first-order chi connectivity index (χ1) is 11.6. The highest BCUT2D eigenvalue weighted by Crippen LogP contribution is 2.27. The van der Waals surface area contributed by atoms with Gasteiger partial charge in [0.05, 0.1) is 17.4 Å². The summed E-state index contributed by atoms with van der Waals surface area (Å²) in [6, 6.07) is 13.0. The maximum Gasteiger partial charge on any atom is 0.341 e. The van der Waals surface area contributed by atoms with Crippen LogP contribution >= 0.6 is 24.8 Å². The smallest absolute Gasteiger partial charge is 0.341 e. The zero-order valence-electron chi connectivity index (χ0n) is 14.2. The predicted molar refractivity (Wildman–Crippen MR) is 106 cm³/mol. The minimum atomic E-state index is -1.05. The minimum absolute atomic E-state index is 0. The fraction of sp³-hybridized carbons (Fsp3) is 0.222. The van der Waals surface area contributed by atoms with Crippen molar-refractivity contribution in [2.75, 3.05) is 6.61 Å². The zero-order chi connectivity index (χ0) is 17.1. The van der Waals surface area contributed by atoms with Gasteiger partial charge in [-0.15, -0.1) is 24.8 Å². The summed E-state index contributed by atoms with van der Waals surface area (Å²) in [5.41, 5.74) is 8.50. The van der Waals surface area contributed by atoms with Crippen molar-refractivity contribution in [2.45, 2.75) is 12.5 Å². The van der Waals surface area contributed by atoms with Crippen LogP contribution in [-0.2, 0) is 13.5 Å². The van der Waals surface area contributed by atoms with E-state index in [2.05, 4.69) is 4.98 Å². The number of benzene rings is 2. The molecule has 0 spiro atoms. The molecular formula is C18H21Cl2N3O3. The van der Waals surface area contributed by atoms with Crippen molar-refractivity contribution in [3.63, 3.8) is 0 Å². The van der Waals surface area contributed by atoms with E-state index in [9.17, 15) is 9.90 Å². The number of nitrogens with two attached hydrogens (primary N) is 1. The van der Waals surface area contributed by atoms with E-state index in [1.807, 2.05) is 30.3 Å². The summed E-state index contributed by atoms with van der Waals surface area (Å²) in [5.74, 6) is -0.738. The summed E-state index contributed by atoms with van der Waals surface area (Å²) in [7, 11) is 1.76. The molecule has 3 rings (SSSR count). The monoisotopic (exact) mass is 397 g/mol. The molecule has 0 amide bonds. The number of fused-ring (bicyclic) bond motifs is 1. The largest absolute Gasteiger partial charge is 0.491 e. The van der Waals surface area contributed by atoms with Crippen LogP contribution in [0.15, 0.2) is 48.8 Å². The van der Waals surface area contributed by atoms with Crippen LogP contribution in [0.4, 0.5) is 0 Å². The van der Waals surface area contributed by atoms with Gasteiger partial charge in [-0.25, -0.2) is 9.78 Å². The molecule has 1 heterocycles. The molecule has 0 bridgehead atoms. The van der Waals surface area contributed by atoms with Crippen LogP contribution in [0.5, 0.6) is 5.75 Å². The summed E-state index contributed by atoms with van der Waals surface area (Å²) in [5, 5.41) is 9.55. The Kier molecular flexibility index (Phi) is 7.89. The van der Waals surface area contributed by atoms with E-state index < -0.39 is 5.97 Å². The van der Waals surface area contributed by atoms with E-state index in [0.29, 0.717) is 23.2 Å². The highest BCUT2D eigenvalue weighted by atomic mass is 35.5. The number of aromatic carboxylic acids is 1. The quantitative estimate of drug-likeness (QED) is 0.666. The Balaban J connectivity index is 0.00000169. The van der Waals surface area contributed by atoms with Crippen LogP contribution < -0.4 is 10.5 Å². The van der Waals surface area contributed by atoms with Crippen molar-refractivity contribution in [2.24, 2.45) is 12.8 Å². The molecule has 140 valence electrons. The molecule has 0 aliphatic rings. The average Bonchev–Trinajstić information content (AvgIpc) is 2.94. The second kappa shape index (κ2) is 9.43. The van der Waals surface area contributed by atoms with Crippen molar-refractivity contribution in [3.8, 4) is 5.75 Å². The number of carboxylic acids is 1. The molecule has 0 saturated carbocycles. The lowest BCUT2D eigenvalue weighted by atomic mass is 10.1. The molecule has 3 N–H and O–H groups in total. The van der Waals surface area contributed by atoms with E-state index in [-0.39, 0.29) is 43.0 Å². The Labute approximate surface area is 163 Å². The third-order valence-electron chi connectivity index (χ3n) is 3.85. The molecule has 0 unspecified atom stereocenters. The Morgan fingerprint density at radius 2 is 1.92 bits per heavy atom. The number of rotatable bonds is 6. The van der Waals surface area contributed by atoms with Gasteiger partial charge in [-0.1, -0.05) is 30.3 Å². The highest BCUT2D eigenvalue weighted by Gasteiger charge is 2.19. The van der Waals surface area contributed by atoms with Gasteiger partial charge in [-0.3, -0.25) is 0 Å². The van der Waals surface area contributed by atoms with Crippen LogP contribution in [-0.4, -0.2) is 33.3 Å². The van der Waals surface area contributed by atoms with Gasteiger partial charge in [-0.05, 0) is 24.1 Å². The molecule has 8 heteroatoms. The molecule has 0 aliphatic carbocycles. The number of hydrogen-bond donors (Lipinski definition) is 2. The normalized spacial score (nSPS) is 11.3. The van der Waals surface area contributed by atoms with E-state index in [1.54, 1.807) is 30.1 Å². The Hall–Kier alpha value is -2.28. The molecule has 0 saturated heterocycles. The molecule has 0 aliphatic heterocycles. The molecule has 1 aromatic heterocycles. The van der Waals surface area contributed by atoms with Crippen LogP contribution in [0, 0.1) is 0 Å². The zero-order valence-corrected chi connectivity index (χ0v) is 15.8. The Morgan fingerprint density at radius 3 is 2.58 bits per heavy atom. The second-order valence-corrected chi connectivity index (χ2v) is 5.73. The third-order valence-corrected chi connectivity index (χ3v) is 3.85. The van der Waals surface area contributed by atoms with Crippen LogP contribution in [0.2, 0.25) is 0 Å². The van der Waals surface area contributed by atoms with Crippen molar-refractivity contribution < 1.29 is 14.6 Å². The first-order valence-corrected chi connectivity index (χ1v) is 7.66. The fourth-order valence-corrected chi connectivity index (χ4v) is 2.73. The van der Waals surface area contributed by atoms with E-state index in [0.717, 1.165) is 5.56 Å². The Morgan fingerprint density at radius 1 is 1.23 bits per heavy atom. The number of carbonyl (C=O) groups is 1. The molecule has 2 aromatic carbocycles. The summed E-state index contributed by atoms with van der Waals surface area (Å²) < 4.78 is 7.39. The third kappa shape index (κ3) is 4.66. The van der Waals surface area contributed by atoms with Crippen molar-refractivity contribution in [1.29, 1.82) is 0 Å². The van der Waals surface area contributed by atoms with E-state index >= 15 is 0 Å². The van der Waals surface area contributed by atoms with Gasteiger partial charge in [-0.2, -0.15) is 0 Å². The van der Waals surface area contributed by atoms with Crippen LogP contribution in [0.1, 0.15) is 15.9 Å². The molecule has 6 nitrogen and oxygen atoms in total. The average molecular weight is 398 g/mol. The van der Waals surface area contributed by atoms with Crippen LogP contribution in [0.25, 0.3) is 11.0 Å². The van der Waals surface area contributed by atoms with Gasteiger partial charge >= 0.3 is 5.97 Å². The summed E-state index contributed by atoms with van der Waals surface area (Å²) in [6.45, 7) is 0.235. The van der Waals surface area contributed by atoms with Gasteiger partial charge in [0.15, 0.2) is 0 Å². The molecule has 0 radical (unpaired) electrons. The number of carboxylic acid groups (broad SMARTS) is 1. The maximum atomic E-state index is 11.7. The minimum Gasteiger partial charge on any atom is -0.491 e. The van der Waals surface area contributed by atoms with Gasteiger partial charge in [0.2, 0.25) is 0 Å². The first kappa shape index (κ1) is 21.8. The second-order valence-electron chi connectivity index (χ2n) is 5.73. The number of aryl methyl sites for hydroxylation is 1. The van der Waals surface area contributed by atoms with Gasteiger partial charge < -0.3 is 20.1 Å². The van der Waals surface area contributed by atoms with E-state index in [4.69, 9.17) is 10.5 Å². The number of aromatic nitrogens is 2. The maximum absolute atomic E-state index is 11.7. The van der Waals surface area contributed by atoms with E-state index in [1.165, 1.54) is 0 Å². The summed E-state index contributed by atoms with van der Waals surface area (Å²) in [6.07, 6.45) is 2.25. The lowest BCUT2D eigenvalue weighted by molar-refractivity contribution is 0.0693. The molecule has 1 atom stereocenters. The number of nitrogens with zero attached hydrogens (tertiary/aromatic N) is 2. The summed E-state index contributed by atoms with van der Waals surface area (Å²) >= 11 is 0. The summed E-state index contributed by atoms with van der Waals surface area (Å²) in [4.78, 5) is 15.8. The van der Waals surface area contributed by atoms with Crippen molar-refractivity contribution >= 4 is 41.8 Å². The SMILES string of the molecule is Cl.Cl.Cn1cnc2ccc(OC[C@H](N)Cc3ccccc3)c(C(=O)O)c21. The lowest BCUT2D eigenvalue weighted by Crippen LogP contribution is -2.30. The number of hydrogen-bond acceptors (Lipinski definition) is 4. The molecule has 3 aromatic rings. The van der Waals surface area contributed by atoms with Gasteiger partial charge in [0.25, 0.3) is 0 Å². The number of ether oxygens (including phenoxy) is 1. The standard InChI is InChI=1S/C18H19N3O3.2ClH/c1-21-11-20-14-7-8-15(16(17(14)21)18(22)23)24-10-13(19)9-12-5-3-2-4-6-12;;/h2-8,11,13H,9-10,19H2,1H3,(H,22,23);2*1H/t13-;;/m1../s1. The Bertz CT molecular complexity index is 869. The molecule has 0 fully saturated rings. The van der Waals surface area contributed by atoms with Crippen LogP contribution in [0.3, 0.4) is 0 Å². The van der Waals surface area contributed by atoms with Gasteiger partial charge in [0.1, 0.15) is 17.9 Å². The topological polar surface area (TPSA) is 90.4 Å². The number of imidazole rings is 1. The van der Waals surface area contributed by atoms with Crippen molar-refractivity contribution in [3.05, 3.63) is 59.9 Å². The fourth-order valence-electron chi connectivity index (χ4n) is 2.73. The number of halogens is 2. The first-order valence-electron chi connectivity index (χ1n) is 7.66. The highest BCUT2D eigenvalue weighted by molar-refractivity contribution is 6.03. The molecular weight excluding hydrogens is 377 g/mol. The van der Waals surface area contributed by atoms with Gasteiger partial charge in [0, 0.05) is 13.1 Å². The van der Waals surface area contributed by atoms with Crippen molar-refractivity contribution in [1.82, 2.24) is 9.55 Å². The predicted octanol–water partition coefficient (Wildman–Crippen LogP) is 3.06. The molecule has 26 heavy (non-hydrogen) atoms. The lowest BCUT2D eigenvalue weighted by Gasteiger charge is -2.15.